The molecule has 222 valence electrons. The van der Waals surface area contributed by atoms with Crippen molar-refractivity contribution in [2.24, 2.45) is 0 Å². The summed E-state index contributed by atoms with van der Waals surface area (Å²) in [4.78, 5) is 10.6. The van der Waals surface area contributed by atoms with Crippen molar-refractivity contribution in [3.05, 3.63) is 151 Å². The summed E-state index contributed by atoms with van der Waals surface area (Å²) < 4.78 is 4.88. The average molecular weight is 611 g/mol. The first-order valence-corrected chi connectivity index (χ1v) is 16.5. The number of hydrogen-bond acceptors (Lipinski definition) is 2. The molecule has 11 rings (SSSR count). The molecule has 4 heteroatoms. The van der Waals surface area contributed by atoms with E-state index in [-0.39, 0.29) is 0 Å². The normalized spacial score (nSPS) is 13.0. The summed E-state index contributed by atoms with van der Waals surface area (Å²) in [6, 6.07) is 49.8. The van der Waals surface area contributed by atoms with E-state index in [4.69, 9.17) is 9.97 Å². The Morgan fingerprint density at radius 1 is 0.604 bits per heavy atom. The van der Waals surface area contributed by atoms with Crippen molar-refractivity contribution < 1.29 is 0 Å². The average Bonchev–Trinajstić information content (AvgIpc) is 3.62. The Hall–Kier alpha value is -6.44. The van der Waals surface area contributed by atoms with Gasteiger partial charge in [0.25, 0.3) is 0 Å². The van der Waals surface area contributed by atoms with E-state index in [9.17, 15) is 0 Å². The van der Waals surface area contributed by atoms with Crippen LogP contribution in [-0.2, 0) is 6.42 Å². The first-order chi connectivity index (χ1) is 23.8. The molecule has 6 aromatic carbocycles. The van der Waals surface area contributed by atoms with Gasteiger partial charge >= 0.3 is 0 Å². The second-order valence-electron chi connectivity index (χ2n) is 12.7. The van der Waals surface area contributed by atoms with Crippen molar-refractivity contribution in [1.29, 1.82) is 0 Å². The van der Waals surface area contributed by atoms with Crippen molar-refractivity contribution in [1.82, 2.24) is 19.1 Å². The van der Waals surface area contributed by atoms with E-state index in [1.165, 1.54) is 66.4 Å². The SMILES string of the molecule is c1cccc(-c2nc3ccccc3nc2-n2c3c(c4cc5c(cc42)-c2ccccc2-c2cccc4c6ccccc6n-5c24)C=CCC3)c#1. The molecule has 4 nitrogen and oxygen atoms in total. The number of benzene rings is 5. The van der Waals surface area contributed by atoms with Gasteiger partial charge in [0.2, 0.25) is 0 Å². The van der Waals surface area contributed by atoms with E-state index in [0.717, 1.165) is 46.5 Å². The van der Waals surface area contributed by atoms with Gasteiger partial charge in [0, 0.05) is 38.5 Å². The predicted molar refractivity (Wildman–Crippen MR) is 196 cm³/mol. The van der Waals surface area contributed by atoms with Gasteiger partial charge in [-0.25, -0.2) is 9.97 Å². The number of aromatic nitrogens is 4. The van der Waals surface area contributed by atoms with Crippen molar-refractivity contribution in [2.45, 2.75) is 12.8 Å². The summed E-state index contributed by atoms with van der Waals surface area (Å²) in [5.74, 6) is 0.824. The van der Waals surface area contributed by atoms with Crippen LogP contribution in [0.3, 0.4) is 0 Å². The van der Waals surface area contributed by atoms with Gasteiger partial charge in [-0.05, 0) is 66.4 Å². The smallest absolute Gasteiger partial charge is 0.165 e. The fourth-order valence-corrected chi connectivity index (χ4v) is 8.15. The van der Waals surface area contributed by atoms with E-state index in [2.05, 4.69) is 124 Å². The molecule has 0 bridgehead atoms. The van der Waals surface area contributed by atoms with Crippen LogP contribution in [0.1, 0.15) is 17.7 Å². The number of fused-ring (bicyclic) bond motifs is 12. The molecule has 9 aromatic rings. The Labute approximate surface area is 276 Å². The fraction of sp³-hybridized carbons (Fsp3) is 0.0455. The Kier molecular flexibility index (Phi) is 5.11. The van der Waals surface area contributed by atoms with Crippen LogP contribution in [0.25, 0.3) is 94.8 Å². The lowest BCUT2D eigenvalue weighted by molar-refractivity contribution is 0.872. The van der Waals surface area contributed by atoms with Crippen LogP contribution < -0.4 is 0 Å². The molecule has 1 aliphatic carbocycles. The summed E-state index contributed by atoms with van der Waals surface area (Å²) >= 11 is 0. The zero-order valence-electron chi connectivity index (χ0n) is 25.9. The van der Waals surface area contributed by atoms with Crippen LogP contribution in [-0.4, -0.2) is 19.1 Å². The Bertz CT molecular complexity index is 2830. The van der Waals surface area contributed by atoms with Gasteiger partial charge in [0.1, 0.15) is 5.69 Å². The molecule has 1 aliphatic heterocycles. The van der Waals surface area contributed by atoms with Crippen LogP contribution in [0.15, 0.2) is 127 Å². The highest BCUT2D eigenvalue weighted by molar-refractivity contribution is 6.17. The van der Waals surface area contributed by atoms with Crippen LogP contribution in [0.5, 0.6) is 0 Å². The molecule has 0 atom stereocenters. The number of hydrogen-bond donors (Lipinski definition) is 0. The lowest BCUT2D eigenvalue weighted by Gasteiger charge is -2.17. The minimum absolute atomic E-state index is 0.806. The van der Waals surface area contributed by atoms with Crippen LogP contribution >= 0.6 is 0 Å². The Balaban J connectivity index is 1.32. The van der Waals surface area contributed by atoms with Gasteiger partial charge in [-0.2, -0.15) is 0 Å². The van der Waals surface area contributed by atoms with Gasteiger partial charge in [-0.3, -0.25) is 4.57 Å². The Morgan fingerprint density at radius 3 is 2.25 bits per heavy atom. The third-order valence-corrected chi connectivity index (χ3v) is 10.2. The molecule has 0 fully saturated rings. The second-order valence-corrected chi connectivity index (χ2v) is 12.7. The molecule has 0 spiro atoms. The third-order valence-electron chi connectivity index (χ3n) is 10.2. The van der Waals surface area contributed by atoms with E-state index < -0.39 is 0 Å². The van der Waals surface area contributed by atoms with Gasteiger partial charge < -0.3 is 4.57 Å². The summed E-state index contributed by atoms with van der Waals surface area (Å²) in [6.45, 7) is 0. The van der Waals surface area contributed by atoms with Crippen molar-refractivity contribution >= 4 is 49.8 Å². The molecule has 0 saturated carbocycles. The lowest BCUT2D eigenvalue weighted by Crippen LogP contribution is -2.08. The number of rotatable bonds is 2. The first kappa shape index (κ1) is 25.7. The number of allylic oxidation sites excluding steroid dienone is 1. The quantitative estimate of drug-likeness (QED) is 0.195. The Morgan fingerprint density at radius 2 is 1.38 bits per heavy atom. The van der Waals surface area contributed by atoms with E-state index in [0.29, 0.717) is 0 Å². The molecule has 2 aliphatic rings. The minimum Gasteiger partial charge on any atom is -0.308 e. The van der Waals surface area contributed by atoms with Crippen LogP contribution in [0.4, 0.5) is 0 Å². The van der Waals surface area contributed by atoms with Gasteiger partial charge in [0.05, 0.1) is 38.8 Å². The standard InChI is InChI=1S/C44H26N4/c1-2-13-27(14-3-1)42-44(46-37-22-9-8-21-36(37)45-42)48-39-24-11-7-18-31(39)35-26-40-34(25-41(35)48)29-16-5-4-15-28(29)32-19-12-20-33-30-17-6-10-23-38(30)47(40)43(32)33/h1-2,4-10,12-13,15-23,25-26H,11,24H2. The maximum absolute atomic E-state index is 5.36. The van der Waals surface area contributed by atoms with E-state index in [1.807, 2.05) is 30.3 Å². The number of para-hydroxylation sites is 4. The fourth-order valence-electron chi connectivity index (χ4n) is 8.15. The molecule has 3 aromatic heterocycles. The molecule has 0 saturated heterocycles. The zero-order valence-corrected chi connectivity index (χ0v) is 25.9. The molecule has 0 unspecified atom stereocenters. The largest absolute Gasteiger partial charge is 0.308 e. The summed E-state index contributed by atoms with van der Waals surface area (Å²) in [7, 11) is 0. The molecular weight excluding hydrogens is 585 g/mol. The van der Waals surface area contributed by atoms with Gasteiger partial charge in [-0.15, -0.1) is 0 Å². The van der Waals surface area contributed by atoms with E-state index in [1.54, 1.807) is 0 Å². The third kappa shape index (κ3) is 3.40. The van der Waals surface area contributed by atoms with Crippen LogP contribution in [0, 0.1) is 12.1 Å². The van der Waals surface area contributed by atoms with Crippen molar-refractivity contribution in [2.75, 3.05) is 0 Å². The van der Waals surface area contributed by atoms with Crippen molar-refractivity contribution in [3.63, 3.8) is 0 Å². The zero-order chi connectivity index (χ0) is 31.3. The maximum Gasteiger partial charge on any atom is 0.165 e. The molecule has 0 radical (unpaired) electrons. The molecule has 0 N–H and O–H groups in total. The molecular formula is C44H26N4. The minimum atomic E-state index is 0.806. The summed E-state index contributed by atoms with van der Waals surface area (Å²) in [5.41, 5.74) is 15.7. The predicted octanol–water partition coefficient (Wildman–Crippen LogP) is 10.5. The monoisotopic (exact) mass is 610 g/mol. The maximum atomic E-state index is 5.36. The lowest BCUT2D eigenvalue weighted by atomic mass is 9.92. The van der Waals surface area contributed by atoms with Gasteiger partial charge in [-0.1, -0.05) is 103 Å². The summed E-state index contributed by atoms with van der Waals surface area (Å²) in [5, 5.41) is 3.76. The van der Waals surface area contributed by atoms with Crippen LogP contribution in [0.2, 0.25) is 0 Å². The summed E-state index contributed by atoms with van der Waals surface area (Å²) in [6.07, 6.45) is 6.50. The molecule has 4 heterocycles. The highest BCUT2D eigenvalue weighted by atomic mass is 15.1. The molecule has 48 heavy (non-hydrogen) atoms. The van der Waals surface area contributed by atoms with Gasteiger partial charge in [0.15, 0.2) is 5.82 Å². The first-order valence-electron chi connectivity index (χ1n) is 16.5. The second kappa shape index (κ2) is 9.54. The van der Waals surface area contributed by atoms with Crippen molar-refractivity contribution in [3.8, 4) is 45.0 Å². The topological polar surface area (TPSA) is 35.6 Å². The number of nitrogens with zero attached hydrogens (tertiary/aromatic N) is 4. The highest BCUT2D eigenvalue weighted by Crippen LogP contribution is 2.49. The molecule has 0 amide bonds. The van der Waals surface area contributed by atoms with E-state index >= 15 is 0 Å². The highest BCUT2D eigenvalue weighted by Gasteiger charge is 2.28.